The Kier molecular flexibility index (Phi) is 17.0. The summed E-state index contributed by atoms with van der Waals surface area (Å²) < 4.78 is 74.4. The minimum absolute atomic E-state index is 0.0755. The number of halogens is 4. The van der Waals surface area contributed by atoms with E-state index in [-0.39, 0.29) is 32.6 Å². The van der Waals surface area contributed by atoms with Gasteiger partial charge in [-0.05, 0) is 49.9 Å². The minimum Gasteiger partial charge on any atom is -0.383 e. The van der Waals surface area contributed by atoms with Crippen LogP contribution < -0.4 is 19.6 Å². The largest absolute Gasteiger partial charge is 0.383 e. The van der Waals surface area contributed by atoms with Gasteiger partial charge in [0.05, 0.1) is 19.3 Å². The van der Waals surface area contributed by atoms with Crippen molar-refractivity contribution in [1.82, 2.24) is 0 Å². The van der Waals surface area contributed by atoms with E-state index in [0.717, 1.165) is 11.4 Å². The van der Waals surface area contributed by atoms with Gasteiger partial charge in [0.2, 0.25) is 0 Å². The average Bonchev–Trinajstić information content (AvgIpc) is 3.06. The fourth-order valence-electron chi connectivity index (χ4n) is 5.22. The van der Waals surface area contributed by atoms with Gasteiger partial charge in [0.25, 0.3) is 0 Å². The van der Waals surface area contributed by atoms with E-state index in [1.807, 2.05) is 36.2 Å². The summed E-state index contributed by atoms with van der Waals surface area (Å²) in [5, 5.41) is 0. The molecule has 0 radical (unpaired) electrons. The van der Waals surface area contributed by atoms with Gasteiger partial charge in [-0.3, -0.25) is 0 Å². The monoisotopic (exact) mass is 646 g/mol. The minimum atomic E-state index is -1.44. The highest BCUT2D eigenvalue weighted by atomic mass is 19.2. The zero-order chi connectivity index (χ0) is 34.1. The summed E-state index contributed by atoms with van der Waals surface area (Å²) in [5.74, 6) is -5.76. The van der Waals surface area contributed by atoms with E-state index in [1.165, 1.54) is 9.80 Å². The van der Waals surface area contributed by atoms with E-state index in [0.29, 0.717) is 45.6 Å². The summed E-state index contributed by atoms with van der Waals surface area (Å²) in [6.07, 6.45) is 7.75. The zero-order valence-electron chi connectivity index (χ0n) is 27.6. The van der Waals surface area contributed by atoms with E-state index in [1.54, 1.807) is 38.5 Å². The summed E-state index contributed by atoms with van der Waals surface area (Å²) in [6.45, 7) is 17.7. The molecular weight excluding hydrogens is 596 g/mol. The van der Waals surface area contributed by atoms with Crippen LogP contribution in [0.2, 0.25) is 0 Å². The Morgan fingerprint density at radius 1 is 0.630 bits per heavy atom. The highest BCUT2D eigenvalue weighted by molar-refractivity contribution is 5.62. The van der Waals surface area contributed by atoms with E-state index < -0.39 is 40.7 Å². The van der Waals surface area contributed by atoms with E-state index in [4.69, 9.17) is 9.47 Å². The quantitative estimate of drug-likeness (QED) is 0.0659. The van der Waals surface area contributed by atoms with Crippen molar-refractivity contribution in [1.29, 1.82) is 0 Å². The molecule has 0 N–H and O–H groups in total. The van der Waals surface area contributed by atoms with Gasteiger partial charge in [-0.1, -0.05) is 24.3 Å². The third-order valence-electron chi connectivity index (χ3n) is 7.76. The van der Waals surface area contributed by atoms with Crippen molar-refractivity contribution in [3.05, 3.63) is 98.2 Å². The van der Waals surface area contributed by atoms with Crippen LogP contribution in [-0.4, -0.2) is 79.8 Å². The van der Waals surface area contributed by atoms with Gasteiger partial charge in [-0.15, -0.1) is 26.3 Å². The fourth-order valence-corrected chi connectivity index (χ4v) is 5.22. The van der Waals surface area contributed by atoms with Crippen LogP contribution in [0.3, 0.4) is 0 Å². The van der Waals surface area contributed by atoms with Crippen LogP contribution in [0.25, 0.3) is 0 Å². The molecule has 0 bridgehead atoms. The van der Waals surface area contributed by atoms with Crippen LogP contribution >= 0.6 is 0 Å². The van der Waals surface area contributed by atoms with E-state index >= 15 is 17.6 Å². The predicted molar refractivity (Wildman–Crippen MR) is 185 cm³/mol. The molecule has 2 rings (SSSR count). The summed E-state index contributed by atoms with van der Waals surface area (Å²) in [6, 6.07) is 7.28. The number of anilines is 4. The first kappa shape index (κ1) is 38.4. The first-order valence-corrected chi connectivity index (χ1v) is 15.6. The zero-order valence-corrected chi connectivity index (χ0v) is 27.6. The molecule has 10 heteroatoms. The molecule has 1 unspecified atom stereocenters. The van der Waals surface area contributed by atoms with Gasteiger partial charge in [-0.25, -0.2) is 17.6 Å². The lowest BCUT2D eigenvalue weighted by Gasteiger charge is -2.38. The molecule has 46 heavy (non-hydrogen) atoms. The van der Waals surface area contributed by atoms with E-state index in [2.05, 4.69) is 31.2 Å². The van der Waals surface area contributed by atoms with Crippen LogP contribution in [-0.2, 0) is 9.47 Å². The molecule has 2 aromatic rings. The van der Waals surface area contributed by atoms with Crippen molar-refractivity contribution in [3.8, 4) is 0 Å². The Morgan fingerprint density at radius 2 is 1.11 bits per heavy atom. The molecule has 6 nitrogen and oxygen atoms in total. The topological polar surface area (TPSA) is 31.4 Å². The van der Waals surface area contributed by atoms with Gasteiger partial charge in [0, 0.05) is 71.9 Å². The number of ether oxygens (including phenoxy) is 2. The van der Waals surface area contributed by atoms with Gasteiger partial charge in [-0.2, -0.15) is 0 Å². The number of hydrogen-bond acceptors (Lipinski definition) is 6. The first-order valence-electron chi connectivity index (χ1n) is 15.6. The summed E-state index contributed by atoms with van der Waals surface area (Å²) in [7, 11) is 5.22. The fraction of sp³-hybridized carbons (Fsp3) is 0.444. The lowest BCUT2D eigenvalue weighted by molar-refractivity contribution is 0.204. The van der Waals surface area contributed by atoms with Crippen molar-refractivity contribution in [2.45, 2.75) is 31.7 Å². The molecule has 0 heterocycles. The number of methoxy groups -OCH3 is 2. The van der Waals surface area contributed by atoms with Crippen LogP contribution in [0.5, 0.6) is 0 Å². The second kappa shape index (κ2) is 20.4. The Balaban J connectivity index is 2.61. The van der Waals surface area contributed by atoms with Crippen molar-refractivity contribution in [2.24, 2.45) is 0 Å². The Hall–Kier alpha value is -3.76. The predicted octanol–water partition coefficient (Wildman–Crippen LogP) is 7.76. The van der Waals surface area contributed by atoms with Crippen LogP contribution in [0.15, 0.2) is 74.9 Å². The third kappa shape index (κ3) is 10.4. The van der Waals surface area contributed by atoms with Crippen molar-refractivity contribution in [3.63, 3.8) is 0 Å². The third-order valence-corrected chi connectivity index (χ3v) is 7.76. The Labute approximate surface area is 272 Å². The molecular formula is C36H50F4N4O2. The van der Waals surface area contributed by atoms with Gasteiger partial charge >= 0.3 is 0 Å². The number of nitrogens with zero attached hydrogens (tertiary/aromatic N) is 4. The van der Waals surface area contributed by atoms with Crippen molar-refractivity contribution in [2.75, 3.05) is 93.3 Å². The van der Waals surface area contributed by atoms with Crippen LogP contribution in [0, 0.1) is 23.3 Å². The number of benzene rings is 2. The van der Waals surface area contributed by atoms with Gasteiger partial charge in [0.1, 0.15) is 11.4 Å². The maximum Gasteiger partial charge on any atom is 0.187 e. The molecule has 0 amide bonds. The first-order chi connectivity index (χ1) is 22.2. The maximum atomic E-state index is 16.1. The number of hydrogen-bond donors (Lipinski definition) is 0. The van der Waals surface area contributed by atoms with Crippen molar-refractivity contribution >= 4 is 22.7 Å². The highest BCUT2D eigenvalue weighted by Gasteiger charge is 2.34. The lowest BCUT2D eigenvalue weighted by Crippen LogP contribution is -2.46. The molecule has 0 fully saturated rings. The number of likely N-dealkylation sites (N-methyl/N-ethyl adjacent to an activating group) is 1. The molecule has 0 saturated heterocycles. The molecule has 0 spiro atoms. The summed E-state index contributed by atoms with van der Waals surface area (Å²) in [5.41, 5.74) is 0.367. The average molecular weight is 647 g/mol. The number of rotatable bonds is 24. The molecule has 0 saturated carbocycles. The molecule has 2 aromatic carbocycles. The normalized spacial score (nSPS) is 11.5. The maximum absolute atomic E-state index is 16.1. The second-order valence-electron chi connectivity index (χ2n) is 10.9. The van der Waals surface area contributed by atoms with Crippen LogP contribution in [0.4, 0.5) is 40.3 Å². The van der Waals surface area contributed by atoms with Gasteiger partial charge < -0.3 is 29.1 Å². The molecule has 0 aromatic heterocycles. The Morgan fingerprint density at radius 3 is 1.61 bits per heavy atom. The molecule has 254 valence electrons. The van der Waals surface area contributed by atoms with Gasteiger partial charge in [0.15, 0.2) is 23.3 Å². The standard InChI is InChI=1S/C36H50F4N4O2/c1-8-12-20-42(21-13-9-2)35-31(37)33(39)36(34(40)32(35)38)44(22-14-10-3)30(15-11-4)27-43(24-26-46-7)29-18-16-28(17-19-29)41(5)23-25-45-6/h8-11,16-19,30H,1-4,12-15,20-27H2,5-7H3. The van der Waals surface area contributed by atoms with Crippen LogP contribution in [0.1, 0.15) is 25.7 Å². The van der Waals surface area contributed by atoms with E-state index in [9.17, 15) is 0 Å². The second-order valence-corrected chi connectivity index (χ2v) is 10.9. The van der Waals surface area contributed by atoms with Crippen molar-refractivity contribution < 1.29 is 27.0 Å². The molecule has 0 aliphatic rings. The smallest absolute Gasteiger partial charge is 0.187 e. The summed E-state index contributed by atoms with van der Waals surface area (Å²) in [4.78, 5) is 6.79. The SMILES string of the molecule is C=CCCN(CCC=C)c1c(F)c(F)c(N(CCC=C)C(CC=C)CN(CCOC)c2ccc(N(C)CCOC)cc2)c(F)c1F. The highest BCUT2D eigenvalue weighted by Crippen LogP contribution is 2.38. The molecule has 0 aliphatic heterocycles. The Bertz CT molecular complexity index is 1220. The lowest BCUT2D eigenvalue weighted by atomic mass is 10.1. The molecule has 1 atom stereocenters. The molecule has 0 aliphatic carbocycles. The summed E-state index contributed by atoms with van der Waals surface area (Å²) >= 11 is 0.